The molecule has 0 bridgehead atoms. The first-order valence-corrected chi connectivity index (χ1v) is 6.64. The van der Waals surface area contributed by atoms with Crippen LogP contribution in [0.15, 0.2) is 18.2 Å². The first-order valence-electron chi connectivity index (χ1n) is 6.64. The van der Waals surface area contributed by atoms with Gasteiger partial charge < -0.3 is 4.90 Å². The summed E-state index contributed by atoms with van der Waals surface area (Å²) in [6, 6.07) is 7.43. The van der Waals surface area contributed by atoms with Gasteiger partial charge in [0.25, 0.3) is 0 Å². The normalized spacial score (nSPS) is 17.8. The van der Waals surface area contributed by atoms with Gasteiger partial charge in [-0.05, 0) is 44.9 Å². The summed E-state index contributed by atoms with van der Waals surface area (Å²) >= 11 is 0. The number of benzene rings is 1. The standard InChI is InChI=1S/C15H24N2/c1-12(2)16-7-9-17(10-8-16)15-11-13(3)5-6-14(15)4/h5-6,11-12H,7-10H2,1-4H3. The molecule has 1 heterocycles. The molecule has 1 aromatic rings. The quantitative estimate of drug-likeness (QED) is 0.773. The summed E-state index contributed by atoms with van der Waals surface area (Å²) < 4.78 is 0. The maximum atomic E-state index is 2.56. The molecule has 1 aliphatic heterocycles. The zero-order valence-electron chi connectivity index (χ0n) is 11.5. The predicted octanol–water partition coefficient (Wildman–Crippen LogP) is 2.83. The molecular formula is C15H24N2. The van der Waals surface area contributed by atoms with Crippen molar-refractivity contribution in [3.8, 4) is 0 Å². The molecule has 17 heavy (non-hydrogen) atoms. The van der Waals surface area contributed by atoms with Crippen LogP contribution in [-0.4, -0.2) is 37.1 Å². The lowest BCUT2D eigenvalue weighted by Crippen LogP contribution is -2.49. The molecule has 2 rings (SSSR count). The summed E-state index contributed by atoms with van der Waals surface area (Å²) in [5.74, 6) is 0. The van der Waals surface area contributed by atoms with Crippen molar-refractivity contribution in [3.63, 3.8) is 0 Å². The third kappa shape index (κ3) is 2.81. The fourth-order valence-electron chi connectivity index (χ4n) is 2.54. The van der Waals surface area contributed by atoms with Gasteiger partial charge >= 0.3 is 0 Å². The van der Waals surface area contributed by atoms with Crippen molar-refractivity contribution >= 4 is 5.69 Å². The van der Waals surface area contributed by atoms with Crippen LogP contribution in [0.25, 0.3) is 0 Å². The Bertz CT molecular complexity index is 377. The highest BCUT2D eigenvalue weighted by Crippen LogP contribution is 2.23. The van der Waals surface area contributed by atoms with E-state index in [1.807, 2.05) is 0 Å². The number of hydrogen-bond acceptors (Lipinski definition) is 2. The summed E-state index contributed by atoms with van der Waals surface area (Å²) in [6.07, 6.45) is 0. The Kier molecular flexibility index (Phi) is 3.72. The van der Waals surface area contributed by atoms with Gasteiger partial charge in [0.05, 0.1) is 0 Å². The van der Waals surface area contributed by atoms with Crippen molar-refractivity contribution in [3.05, 3.63) is 29.3 Å². The lowest BCUT2D eigenvalue weighted by atomic mass is 10.1. The van der Waals surface area contributed by atoms with E-state index in [0.29, 0.717) is 6.04 Å². The molecular weight excluding hydrogens is 208 g/mol. The van der Waals surface area contributed by atoms with Gasteiger partial charge in [0, 0.05) is 37.9 Å². The largest absolute Gasteiger partial charge is 0.369 e. The van der Waals surface area contributed by atoms with E-state index in [-0.39, 0.29) is 0 Å². The topological polar surface area (TPSA) is 6.48 Å². The van der Waals surface area contributed by atoms with E-state index < -0.39 is 0 Å². The molecule has 1 fully saturated rings. The molecule has 0 atom stereocenters. The summed E-state index contributed by atoms with van der Waals surface area (Å²) in [5.41, 5.74) is 4.18. The lowest BCUT2D eigenvalue weighted by Gasteiger charge is -2.38. The van der Waals surface area contributed by atoms with E-state index in [0.717, 1.165) is 13.1 Å². The molecule has 0 spiro atoms. The van der Waals surface area contributed by atoms with Crippen molar-refractivity contribution in [2.24, 2.45) is 0 Å². The van der Waals surface area contributed by atoms with Gasteiger partial charge in [-0.25, -0.2) is 0 Å². The molecule has 1 aromatic carbocycles. The van der Waals surface area contributed by atoms with Crippen LogP contribution in [0.4, 0.5) is 5.69 Å². The maximum absolute atomic E-state index is 2.56. The highest BCUT2D eigenvalue weighted by molar-refractivity contribution is 5.55. The number of hydrogen-bond donors (Lipinski definition) is 0. The molecule has 0 saturated carbocycles. The average Bonchev–Trinajstić information content (AvgIpc) is 2.32. The van der Waals surface area contributed by atoms with Gasteiger partial charge in [0.1, 0.15) is 0 Å². The maximum Gasteiger partial charge on any atom is 0.0399 e. The second-order valence-electron chi connectivity index (χ2n) is 5.41. The smallest absolute Gasteiger partial charge is 0.0399 e. The summed E-state index contributed by atoms with van der Waals surface area (Å²) in [7, 11) is 0. The van der Waals surface area contributed by atoms with E-state index >= 15 is 0 Å². The fraction of sp³-hybridized carbons (Fsp3) is 0.600. The molecule has 0 amide bonds. The molecule has 0 aromatic heterocycles. The molecule has 94 valence electrons. The fourth-order valence-corrected chi connectivity index (χ4v) is 2.54. The van der Waals surface area contributed by atoms with Crippen molar-refractivity contribution in [1.82, 2.24) is 4.90 Å². The van der Waals surface area contributed by atoms with Crippen LogP contribution in [-0.2, 0) is 0 Å². The number of rotatable bonds is 2. The van der Waals surface area contributed by atoms with Gasteiger partial charge in [-0.3, -0.25) is 4.90 Å². The molecule has 2 heteroatoms. The minimum absolute atomic E-state index is 0.677. The Labute approximate surface area is 105 Å². The van der Waals surface area contributed by atoms with Crippen LogP contribution in [0.1, 0.15) is 25.0 Å². The van der Waals surface area contributed by atoms with Crippen LogP contribution < -0.4 is 4.90 Å². The van der Waals surface area contributed by atoms with Crippen LogP contribution in [0.3, 0.4) is 0 Å². The minimum atomic E-state index is 0.677. The Balaban J connectivity index is 2.07. The van der Waals surface area contributed by atoms with E-state index in [4.69, 9.17) is 0 Å². The highest BCUT2D eigenvalue weighted by atomic mass is 15.3. The van der Waals surface area contributed by atoms with E-state index in [9.17, 15) is 0 Å². The molecule has 1 saturated heterocycles. The van der Waals surface area contributed by atoms with Crippen LogP contribution in [0, 0.1) is 13.8 Å². The van der Waals surface area contributed by atoms with Crippen molar-refractivity contribution < 1.29 is 0 Å². The van der Waals surface area contributed by atoms with Gasteiger partial charge in [-0.1, -0.05) is 12.1 Å². The summed E-state index contributed by atoms with van der Waals surface area (Å²) in [5, 5.41) is 0. The lowest BCUT2D eigenvalue weighted by molar-refractivity contribution is 0.209. The number of piperazine rings is 1. The van der Waals surface area contributed by atoms with Crippen molar-refractivity contribution in [2.75, 3.05) is 31.1 Å². The Morgan fingerprint density at radius 3 is 2.24 bits per heavy atom. The minimum Gasteiger partial charge on any atom is -0.369 e. The van der Waals surface area contributed by atoms with Crippen LogP contribution in [0.2, 0.25) is 0 Å². The van der Waals surface area contributed by atoms with Crippen LogP contribution in [0.5, 0.6) is 0 Å². The average molecular weight is 232 g/mol. The number of nitrogens with zero attached hydrogens (tertiary/aromatic N) is 2. The van der Waals surface area contributed by atoms with Gasteiger partial charge in [-0.15, -0.1) is 0 Å². The Morgan fingerprint density at radius 1 is 1.00 bits per heavy atom. The van der Waals surface area contributed by atoms with Crippen molar-refractivity contribution in [2.45, 2.75) is 33.7 Å². The first kappa shape index (κ1) is 12.4. The SMILES string of the molecule is Cc1ccc(C)c(N2CCN(C(C)C)CC2)c1. The van der Waals surface area contributed by atoms with E-state index in [1.54, 1.807) is 0 Å². The molecule has 0 radical (unpaired) electrons. The molecule has 1 aliphatic rings. The van der Waals surface area contributed by atoms with E-state index in [2.05, 4.69) is 55.7 Å². The zero-order chi connectivity index (χ0) is 12.4. The Hall–Kier alpha value is -1.02. The molecule has 2 nitrogen and oxygen atoms in total. The van der Waals surface area contributed by atoms with Crippen LogP contribution >= 0.6 is 0 Å². The Morgan fingerprint density at radius 2 is 1.65 bits per heavy atom. The monoisotopic (exact) mass is 232 g/mol. The van der Waals surface area contributed by atoms with Gasteiger partial charge in [0.15, 0.2) is 0 Å². The molecule has 0 unspecified atom stereocenters. The first-order chi connectivity index (χ1) is 8.08. The number of anilines is 1. The zero-order valence-corrected chi connectivity index (χ0v) is 11.5. The second-order valence-corrected chi connectivity index (χ2v) is 5.41. The second kappa shape index (κ2) is 5.09. The highest BCUT2D eigenvalue weighted by Gasteiger charge is 2.19. The van der Waals surface area contributed by atoms with E-state index in [1.165, 1.54) is 29.9 Å². The van der Waals surface area contributed by atoms with Gasteiger partial charge in [0.2, 0.25) is 0 Å². The third-order valence-corrected chi connectivity index (χ3v) is 3.75. The molecule has 0 aliphatic carbocycles. The predicted molar refractivity (Wildman–Crippen MR) is 74.8 cm³/mol. The summed E-state index contributed by atoms with van der Waals surface area (Å²) in [4.78, 5) is 5.09. The molecule has 0 N–H and O–H groups in total. The number of aryl methyl sites for hydroxylation is 2. The third-order valence-electron chi connectivity index (χ3n) is 3.75. The summed E-state index contributed by atoms with van der Waals surface area (Å²) in [6.45, 7) is 13.6. The van der Waals surface area contributed by atoms with Crippen molar-refractivity contribution in [1.29, 1.82) is 0 Å². The van der Waals surface area contributed by atoms with Gasteiger partial charge in [-0.2, -0.15) is 0 Å².